The van der Waals surface area contributed by atoms with Crippen molar-refractivity contribution in [1.29, 1.82) is 0 Å². The van der Waals surface area contributed by atoms with E-state index in [1.165, 1.54) is 12.1 Å². The molecule has 1 unspecified atom stereocenters. The van der Waals surface area contributed by atoms with E-state index in [9.17, 15) is 14.9 Å². The van der Waals surface area contributed by atoms with E-state index in [1.807, 2.05) is 0 Å². The maximum atomic E-state index is 10.4. The number of nitro groups is 1. The van der Waals surface area contributed by atoms with Crippen LogP contribution in [0.2, 0.25) is 0 Å². The average molecular weight is 236 g/mol. The average Bonchev–Trinajstić information content (AvgIpc) is 2.26. The Morgan fingerprint density at radius 1 is 1.47 bits per heavy atom. The van der Waals surface area contributed by atoms with E-state index in [1.54, 1.807) is 24.3 Å². The lowest BCUT2D eigenvalue weighted by molar-refractivity contribution is -0.384. The van der Waals surface area contributed by atoms with Gasteiger partial charge in [-0.2, -0.15) is 0 Å². The lowest BCUT2D eigenvalue weighted by atomic mass is 10.1. The molecule has 0 amide bonds. The van der Waals surface area contributed by atoms with Gasteiger partial charge in [0, 0.05) is 18.2 Å². The SMILES string of the molecule is NC(/C=C/c1ccc([N+](=O)[O-])cc1)CC(=O)O. The number of non-ortho nitro benzene ring substituents is 1. The van der Waals surface area contributed by atoms with Crippen LogP contribution in [0.4, 0.5) is 5.69 Å². The third-order valence-electron chi connectivity index (χ3n) is 2.05. The van der Waals surface area contributed by atoms with Crippen LogP contribution in [0.15, 0.2) is 30.3 Å². The van der Waals surface area contributed by atoms with Gasteiger partial charge in [0.2, 0.25) is 0 Å². The molecule has 90 valence electrons. The predicted molar refractivity (Wildman–Crippen MR) is 62.4 cm³/mol. The van der Waals surface area contributed by atoms with Crippen LogP contribution in [-0.2, 0) is 4.79 Å². The Kier molecular flexibility index (Phi) is 4.36. The number of aliphatic carboxylic acids is 1. The van der Waals surface area contributed by atoms with Crippen molar-refractivity contribution in [2.75, 3.05) is 0 Å². The second kappa shape index (κ2) is 5.76. The van der Waals surface area contributed by atoms with Crippen molar-refractivity contribution < 1.29 is 14.8 Å². The minimum Gasteiger partial charge on any atom is -0.481 e. The van der Waals surface area contributed by atoms with Crippen molar-refractivity contribution >= 4 is 17.7 Å². The van der Waals surface area contributed by atoms with E-state index >= 15 is 0 Å². The van der Waals surface area contributed by atoms with E-state index in [-0.39, 0.29) is 12.1 Å². The number of carboxylic acid groups (broad SMARTS) is 1. The fourth-order valence-corrected chi connectivity index (χ4v) is 1.21. The third-order valence-corrected chi connectivity index (χ3v) is 2.05. The first-order valence-corrected chi connectivity index (χ1v) is 4.89. The summed E-state index contributed by atoms with van der Waals surface area (Å²) in [4.78, 5) is 20.3. The third kappa shape index (κ3) is 4.43. The molecule has 0 aliphatic heterocycles. The van der Waals surface area contributed by atoms with Gasteiger partial charge in [0.15, 0.2) is 0 Å². The Labute approximate surface area is 97.5 Å². The largest absolute Gasteiger partial charge is 0.481 e. The maximum absolute atomic E-state index is 10.4. The number of hydrogen-bond acceptors (Lipinski definition) is 4. The zero-order chi connectivity index (χ0) is 12.8. The molecule has 0 heterocycles. The first-order chi connectivity index (χ1) is 7.99. The van der Waals surface area contributed by atoms with Crippen LogP contribution in [0.5, 0.6) is 0 Å². The summed E-state index contributed by atoms with van der Waals surface area (Å²) in [6, 6.07) is 5.33. The Bertz CT molecular complexity index is 439. The van der Waals surface area contributed by atoms with Gasteiger partial charge >= 0.3 is 5.97 Å². The molecule has 3 N–H and O–H groups in total. The van der Waals surface area contributed by atoms with Crippen molar-refractivity contribution in [2.45, 2.75) is 12.5 Å². The topological polar surface area (TPSA) is 106 Å². The fourth-order valence-electron chi connectivity index (χ4n) is 1.21. The monoisotopic (exact) mass is 236 g/mol. The molecule has 17 heavy (non-hydrogen) atoms. The molecule has 0 aliphatic carbocycles. The summed E-state index contributed by atoms with van der Waals surface area (Å²) < 4.78 is 0. The minimum absolute atomic E-state index is 0.0111. The number of nitro benzene ring substituents is 1. The second-order valence-electron chi connectivity index (χ2n) is 3.47. The highest BCUT2D eigenvalue weighted by atomic mass is 16.6. The van der Waals surface area contributed by atoms with Crippen LogP contribution in [0.3, 0.4) is 0 Å². The summed E-state index contributed by atoms with van der Waals surface area (Å²) in [5.41, 5.74) is 6.27. The molecule has 1 atom stereocenters. The van der Waals surface area contributed by atoms with Gasteiger partial charge in [-0.05, 0) is 17.7 Å². The summed E-state index contributed by atoms with van der Waals surface area (Å²) in [7, 11) is 0. The van der Waals surface area contributed by atoms with Crippen molar-refractivity contribution in [3.63, 3.8) is 0 Å². The molecule has 6 nitrogen and oxygen atoms in total. The zero-order valence-corrected chi connectivity index (χ0v) is 8.95. The quantitative estimate of drug-likeness (QED) is 0.593. The van der Waals surface area contributed by atoms with Crippen molar-refractivity contribution in [3.05, 3.63) is 46.0 Å². The van der Waals surface area contributed by atoms with Crippen molar-refractivity contribution in [1.82, 2.24) is 0 Å². The summed E-state index contributed by atoms with van der Waals surface area (Å²) in [5, 5.41) is 18.9. The summed E-state index contributed by atoms with van der Waals surface area (Å²) in [6.07, 6.45) is 3.04. The number of rotatable bonds is 5. The van der Waals surface area contributed by atoms with E-state index in [4.69, 9.17) is 10.8 Å². The maximum Gasteiger partial charge on any atom is 0.305 e. The van der Waals surface area contributed by atoms with Crippen LogP contribution in [0.25, 0.3) is 6.08 Å². The van der Waals surface area contributed by atoms with Gasteiger partial charge in [-0.3, -0.25) is 14.9 Å². The molecule has 6 heteroatoms. The lowest BCUT2D eigenvalue weighted by Gasteiger charge is -2.01. The Hall–Kier alpha value is -2.21. The van der Waals surface area contributed by atoms with Crippen molar-refractivity contribution in [3.8, 4) is 0 Å². The van der Waals surface area contributed by atoms with Crippen LogP contribution < -0.4 is 5.73 Å². The molecule has 0 spiro atoms. The molecular weight excluding hydrogens is 224 g/mol. The molecule has 0 saturated carbocycles. The zero-order valence-electron chi connectivity index (χ0n) is 8.95. The fraction of sp³-hybridized carbons (Fsp3) is 0.182. The molecule has 1 aromatic rings. The summed E-state index contributed by atoms with van der Waals surface area (Å²) >= 11 is 0. The van der Waals surface area contributed by atoms with Gasteiger partial charge in [0.05, 0.1) is 11.3 Å². The molecule has 0 saturated heterocycles. The Morgan fingerprint density at radius 2 is 2.06 bits per heavy atom. The van der Waals surface area contributed by atoms with E-state index in [0.29, 0.717) is 0 Å². The lowest BCUT2D eigenvalue weighted by Crippen LogP contribution is -2.20. The molecule has 1 aromatic carbocycles. The number of nitrogens with two attached hydrogens (primary N) is 1. The van der Waals surface area contributed by atoms with E-state index in [2.05, 4.69) is 0 Å². The highest BCUT2D eigenvalue weighted by molar-refractivity contribution is 5.68. The van der Waals surface area contributed by atoms with Gasteiger partial charge in [0.25, 0.3) is 5.69 Å². The molecule has 0 fully saturated rings. The van der Waals surface area contributed by atoms with E-state index in [0.717, 1.165) is 5.56 Å². The van der Waals surface area contributed by atoms with E-state index < -0.39 is 16.9 Å². The smallest absolute Gasteiger partial charge is 0.305 e. The molecule has 0 aliphatic rings. The minimum atomic E-state index is -0.967. The van der Waals surface area contributed by atoms with Crippen LogP contribution >= 0.6 is 0 Å². The second-order valence-corrected chi connectivity index (χ2v) is 3.47. The van der Waals surface area contributed by atoms with Gasteiger partial charge in [-0.25, -0.2) is 0 Å². The summed E-state index contributed by atoms with van der Waals surface area (Å²) in [6.45, 7) is 0. The number of hydrogen-bond donors (Lipinski definition) is 2. The Morgan fingerprint density at radius 3 is 2.53 bits per heavy atom. The molecule has 0 aromatic heterocycles. The highest BCUT2D eigenvalue weighted by Crippen LogP contribution is 2.13. The summed E-state index contributed by atoms with van der Waals surface area (Å²) in [5.74, 6) is -0.967. The number of carbonyl (C=O) groups is 1. The van der Waals surface area contributed by atoms with Crippen LogP contribution in [0.1, 0.15) is 12.0 Å². The molecule has 0 radical (unpaired) electrons. The van der Waals surface area contributed by atoms with Gasteiger partial charge in [-0.1, -0.05) is 12.2 Å². The normalized spacial score (nSPS) is 12.5. The first kappa shape index (κ1) is 12.9. The van der Waals surface area contributed by atoms with Gasteiger partial charge in [0.1, 0.15) is 0 Å². The number of carboxylic acids is 1. The van der Waals surface area contributed by atoms with Crippen LogP contribution in [-0.4, -0.2) is 22.0 Å². The standard InChI is InChI=1S/C11H12N2O4/c12-9(7-11(14)15)4-1-8-2-5-10(6-3-8)13(16)17/h1-6,9H,7,12H2,(H,14,15)/b4-1+. The van der Waals surface area contributed by atoms with Gasteiger partial charge in [-0.15, -0.1) is 0 Å². The molecule has 0 bridgehead atoms. The number of benzene rings is 1. The molecule has 1 rings (SSSR count). The predicted octanol–water partition coefficient (Wildman–Crippen LogP) is 1.41. The highest BCUT2D eigenvalue weighted by Gasteiger charge is 2.04. The first-order valence-electron chi connectivity index (χ1n) is 4.89. The van der Waals surface area contributed by atoms with Crippen LogP contribution in [0, 0.1) is 10.1 Å². The van der Waals surface area contributed by atoms with Gasteiger partial charge < -0.3 is 10.8 Å². The van der Waals surface area contributed by atoms with Crippen molar-refractivity contribution in [2.24, 2.45) is 5.73 Å². The Balaban J connectivity index is 2.65. The molecular formula is C11H12N2O4. The number of nitrogens with zero attached hydrogens (tertiary/aromatic N) is 1.